The first kappa shape index (κ1) is 20.4. The molecule has 7 nitrogen and oxygen atoms in total. The number of hydrogen-bond acceptors (Lipinski definition) is 6. The summed E-state index contributed by atoms with van der Waals surface area (Å²) in [6, 6.07) is 14.9. The summed E-state index contributed by atoms with van der Waals surface area (Å²) in [5.74, 6) is 1.63. The van der Waals surface area contributed by atoms with Crippen molar-refractivity contribution in [2.45, 2.75) is 6.42 Å². The second kappa shape index (κ2) is 9.32. The summed E-state index contributed by atoms with van der Waals surface area (Å²) in [7, 11) is 1.66. The molecule has 0 aliphatic carbocycles. The molecule has 0 bridgehead atoms. The number of nitrogens with one attached hydrogen (secondary N) is 1. The van der Waals surface area contributed by atoms with Crippen molar-refractivity contribution in [3.63, 3.8) is 0 Å². The number of nitrogens with zero attached hydrogens (tertiary/aromatic N) is 4. The van der Waals surface area contributed by atoms with Crippen LogP contribution in [0.1, 0.15) is 11.4 Å². The van der Waals surface area contributed by atoms with Crippen LogP contribution in [0.15, 0.2) is 48.5 Å². The number of aromatic nitrogens is 2. The van der Waals surface area contributed by atoms with E-state index < -0.39 is 0 Å². The van der Waals surface area contributed by atoms with Crippen LogP contribution >= 0.6 is 23.1 Å². The van der Waals surface area contributed by atoms with E-state index in [1.165, 1.54) is 11.5 Å². The van der Waals surface area contributed by atoms with Crippen molar-refractivity contribution >= 4 is 40.0 Å². The molecule has 4 rings (SSSR count). The Morgan fingerprint density at radius 3 is 2.67 bits per heavy atom. The van der Waals surface area contributed by atoms with Crippen molar-refractivity contribution in [1.29, 1.82) is 0 Å². The zero-order chi connectivity index (χ0) is 20.9. The molecule has 1 N–H and O–H groups in total. The van der Waals surface area contributed by atoms with E-state index in [4.69, 9.17) is 21.3 Å². The quantitative estimate of drug-likeness (QED) is 0.641. The number of rotatable bonds is 5. The van der Waals surface area contributed by atoms with Crippen LogP contribution in [0.3, 0.4) is 0 Å². The molecule has 1 aliphatic heterocycles. The molecule has 2 heterocycles. The summed E-state index contributed by atoms with van der Waals surface area (Å²) in [5, 5.41) is 4.45. The Kier molecular flexibility index (Phi) is 6.35. The van der Waals surface area contributed by atoms with Crippen LogP contribution in [0.2, 0.25) is 5.02 Å². The Balaban J connectivity index is 1.31. The molecule has 0 atom stereocenters. The van der Waals surface area contributed by atoms with Gasteiger partial charge in [0.25, 0.3) is 0 Å². The third kappa shape index (κ3) is 5.01. The summed E-state index contributed by atoms with van der Waals surface area (Å²) in [5.41, 5.74) is 1.85. The average molecular weight is 444 g/mol. The maximum Gasteiger partial charge on any atom is 0.321 e. The third-order valence-corrected chi connectivity index (χ3v) is 5.95. The van der Waals surface area contributed by atoms with E-state index in [-0.39, 0.29) is 6.03 Å². The summed E-state index contributed by atoms with van der Waals surface area (Å²) >= 11 is 7.29. The van der Waals surface area contributed by atoms with E-state index >= 15 is 0 Å². The van der Waals surface area contributed by atoms with Gasteiger partial charge in [0.2, 0.25) is 5.13 Å². The molecule has 1 fully saturated rings. The Labute approximate surface area is 184 Å². The van der Waals surface area contributed by atoms with Crippen LogP contribution in [0.4, 0.5) is 15.6 Å². The Morgan fingerprint density at radius 1 is 1.17 bits per heavy atom. The minimum Gasteiger partial charge on any atom is -0.497 e. The van der Waals surface area contributed by atoms with E-state index in [2.05, 4.69) is 14.6 Å². The minimum absolute atomic E-state index is 0.104. The fourth-order valence-corrected chi connectivity index (χ4v) is 4.11. The number of halogens is 1. The van der Waals surface area contributed by atoms with Crippen molar-refractivity contribution in [2.24, 2.45) is 0 Å². The molecule has 0 saturated carbocycles. The first-order valence-corrected chi connectivity index (χ1v) is 10.8. The van der Waals surface area contributed by atoms with Gasteiger partial charge in [-0.2, -0.15) is 4.37 Å². The van der Waals surface area contributed by atoms with E-state index in [0.29, 0.717) is 24.5 Å². The highest BCUT2D eigenvalue weighted by atomic mass is 35.5. The van der Waals surface area contributed by atoms with E-state index in [1.54, 1.807) is 31.4 Å². The van der Waals surface area contributed by atoms with E-state index in [0.717, 1.165) is 41.0 Å². The van der Waals surface area contributed by atoms with Crippen molar-refractivity contribution in [2.75, 3.05) is 43.5 Å². The highest BCUT2D eigenvalue weighted by molar-refractivity contribution is 7.09. The van der Waals surface area contributed by atoms with Gasteiger partial charge < -0.3 is 19.9 Å². The van der Waals surface area contributed by atoms with Gasteiger partial charge in [-0.3, -0.25) is 0 Å². The minimum atomic E-state index is -0.104. The second-order valence-electron chi connectivity index (χ2n) is 6.93. The summed E-state index contributed by atoms with van der Waals surface area (Å²) in [4.78, 5) is 21.2. The number of ether oxygens (including phenoxy) is 1. The van der Waals surface area contributed by atoms with Gasteiger partial charge in [-0.1, -0.05) is 23.7 Å². The third-order valence-electron chi connectivity index (χ3n) is 4.89. The number of amides is 2. The van der Waals surface area contributed by atoms with E-state index in [9.17, 15) is 4.79 Å². The lowest BCUT2D eigenvalue weighted by molar-refractivity contribution is 0.208. The number of anilines is 2. The van der Waals surface area contributed by atoms with Crippen molar-refractivity contribution < 1.29 is 9.53 Å². The molecule has 3 aromatic rings. The number of hydrogen-bond donors (Lipinski definition) is 1. The lowest BCUT2D eigenvalue weighted by Crippen LogP contribution is -2.50. The molecular formula is C21H22ClN5O2S. The first-order chi connectivity index (χ1) is 14.6. The molecule has 0 radical (unpaired) electrons. The summed E-state index contributed by atoms with van der Waals surface area (Å²) in [6.07, 6.45) is 0.664. The maximum atomic E-state index is 12.5. The highest BCUT2D eigenvalue weighted by Crippen LogP contribution is 2.22. The lowest BCUT2D eigenvalue weighted by atomic mass is 10.1. The van der Waals surface area contributed by atoms with Crippen molar-refractivity contribution in [3.05, 3.63) is 64.9 Å². The Hall–Kier alpha value is -2.84. The lowest BCUT2D eigenvalue weighted by Gasteiger charge is -2.34. The molecule has 1 aliphatic rings. The summed E-state index contributed by atoms with van der Waals surface area (Å²) < 4.78 is 9.78. The molecule has 156 valence electrons. The zero-order valence-electron chi connectivity index (χ0n) is 16.5. The predicted octanol–water partition coefficient (Wildman–Crippen LogP) is 4.15. The van der Waals surface area contributed by atoms with Gasteiger partial charge in [-0.05, 0) is 42.0 Å². The number of carbonyl (C=O) groups is 1. The molecule has 1 aromatic heterocycles. The number of urea groups is 1. The normalized spacial score (nSPS) is 13.9. The molecule has 0 spiro atoms. The molecule has 30 heavy (non-hydrogen) atoms. The van der Waals surface area contributed by atoms with Gasteiger partial charge in [0, 0.05) is 54.8 Å². The van der Waals surface area contributed by atoms with Crippen LogP contribution in [0.25, 0.3) is 0 Å². The fraction of sp³-hybridized carbons (Fsp3) is 0.286. The first-order valence-electron chi connectivity index (χ1n) is 9.62. The number of methoxy groups -OCH3 is 1. The summed E-state index contributed by atoms with van der Waals surface area (Å²) in [6.45, 7) is 2.71. The SMILES string of the molecule is COc1cccc(Cc2nsc(N3CCN(C(=O)Nc4ccc(Cl)cc4)CC3)n2)c1. The molecule has 1 saturated heterocycles. The number of piperazine rings is 1. The Morgan fingerprint density at radius 2 is 1.93 bits per heavy atom. The standard InChI is InChI=1S/C21H22ClN5O2S/c1-29-18-4-2-3-15(13-18)14-19-24-21(30-25-19)27-11-9-26(10-12-27)20(28)23-17-7-5-16(22)6-8-17/h2-8,13H,9-12,14H2,1H3,(H,23,28). The van der Waals surface area contributed by atoms with Crippen LogP contribution in [-0.4, -0.2) is 53.6 Å². The fourth-order valence-electron chi connectivity index (χ4n) is 3.25. The van der Waals surface area contributed by atoms with Gasteiger partial charge in [0.1, 0.15) is 11.6 Å². The zero-order valence-corrected chi connectivity index (χ0v) is 18.1. The monoisotopic (exact) mass is 443 g/mol. The van der Waals surface area contributed by atoms with Crippen LogP contribution in [0, 0.1) is 0 Å². The second-order valence-corrected chi connectivity index (χ2v) is 8.10. The van der Waals surface area contributed by atoms with Gasteiger partial charge in [0.05, 0.1) is 7.11 Å². The molecule has 9 heteroatoms. The van der Waals surface area contributed by atoms with E-state index in [1.807, 2.05) is 29.2 Å². The Bertz CT molecular complexity index is 1000. The predicted molar refractivity (Wildman–Crippen MR) is 120 cm³/mol. The highest BCUT2D eigenvalue weighted by Gasteiger charge is 2.23. The van der Waals surface area contributed by atoms with Crippen molar-refractivity contribution in [1.82, 2.24) is 14.3 Å². The average Bonchev–Trinajstić information content (AvgIpc) is 3.24. The van der Waals surface area contributed by atoms with Crippen molar-refractivity contribution in [3.8, 4) is 5.75 Å². The largest absolute Gasteiger partial charge is 0.497 e. The van der Waals surface area contributed by atoms with Gasteiger partial charge >= 0.3 is 6.03 Å². The smallest absolute Gasteiger partial charge is 0.321 e. The van der Waals surface area contributed by atoms with Gasteiger partial charge in [0.15, 0.2) is 0 Å². The van der Waals surface area contributed by atoms with Crippen LogP contribution in [0.5, 0.6) is 5.75 Å². The van der Waals surface area contributed by atoms with Gasteiger partial charge in [-0.15, -0.1) is 0 Å². The van der Waals surface area contributed by atoms with Gasteiger partial charge in [-0.25, -0.2) is 9.78 Å². The van der Waals surface area contributed by atoms with Crippen LogP contribution < -0.4 is 15.0 Å². The number of carbonyl (C=O) groups excluding carboxylic acids is 1. The number of benzene rings is 2. The molecular weight excluding hydrogens is 422 g/mol. The topological polar surface area (TPSA) is 70.6 Å². The molecule has 2 amide bonds. The van der Waals surface area contributed by atoms with Crippen LogP contribution in [-0.2, 0) is 6.42 Å². The molecule has 0 unspecified atom stereocenters. The molecule has 2 aromatic carbocycles. The maximum absolute atomic E-state index is 12.5.